The van der Waals surface area contributed by atoms with Crippen molar-refractivity contribution in [3.63, 3.8) is 0 Å². The molecule has 1 saturated heterocycles. The highest BCUT2D eigenvalue weighted by molar-refractivity contribution is 5.68. The summed E-state index contributed by atoms with van der Waals surface area (Å²) in [4.78, 5) is 13.4. The summed E-state index contributed by atoms with van der Waals surface area (Å²) < 4.78 is 5.29. The first-order valence-corrected chi connectivity index (χ1v) is 5.57. The highest BCUT2D eigenvalue weighted by atomic mass is 16.6. The van der Waals surface area contributed by atoms with Gasteiger partial charge in [-0.05, 0) is 27.2 Å². The standard InChI is InChI=1S/C12H20N2O2/c1-5-7-13-10-6-8-14(9-10)11(15)16-12(2,3)4/h1,10,13H,6-9H2,2-4H3. The summed E-state index contributed by atoms with van der Waals surface area (Å²) in [6, 6.07) is 0.295. The summed E-state index contributed by atoms with van der Waals surface area (Å²) in [5.74, 6) is 2.53. The van der Waals surface area contributed by atoms with Crippen molar-refractivity contribution in [3.8, 4) is 12.3 Å². The molecule has 16 heavy (non-hydrogen) atoms. The molecule has 1 atom stereocenters. The maximum Gasteiger partial charge on any atom is 0.410 e. The zero-order valence-electron chi connectivity index (χ0n) is 10.2. The van der Waals surface area contributed by atoms with Crippen LogP contribution in [0.4, 0.5) is 4.79 Å². The maximum absolute atomic E-state index is 11.7. The van der Waals surface area contributed by atoms with Gasteiger partial charge < -0.3 is 15.0 Å². The molecule has 0 radical (unpaired) electrons. The van der Waals surface area contributed by atoms with Gasteiger partial charge in [-0.25, -0.2) is 4.79 Å². The Morgan fingerprint density at radius 1 is 1.62 bits per heavy atom. The normalized spacial score (nSPS) is 20.6. The minimum Gasteiger partial charge on any atom is -0.444 e. The number of terminal acetylenes is 1. The first-order chi connectivity index (χ1) is 7.42. The fourth-order valence-electron chi connectivity index (χ4n) is 1.62. The number of nitrogens with zero attached hydrogens (tertiary/aromatic N) is 1. The Labute approximate surface area is 97.3 Å². The van der Waals surface area contributed by atoms with Crippen molar-refractivity contribution in [1.29, 1.82) is 0 Å². The zero-order chi connectivity index (χ0) is 12.2. The minimum atomic E-state index is -0.429. The van der Waals surface area contributed by atoms with Crippen LogP contribution in [0.15, 0.2) is 0 Å². The van der Waals surface area contributed by atoms with Crippen molar-refractivity contribution in [2.24, 2.45) is 0 Å². The molecule has 1 rings (SSSR count). The van der Waals surface area contributed by atoms with Gasteiger partial charge in [-0.15, -0.1) is 6.42 Å². The maximum atomic E-state index is 11.7. The lowest BCUT2D eigenvalue weighted by Gasteiger charge is -2.24. The van der Waals surface area contributed by atoms with Crippen LogP contribution in [0.3, 0.4) is 0 Å². The van der Waals surface area contributed by atoms with E-state index in [1.807, 2.05) is 20.8 Å². The molecule has 1 heterocycles. The number of carbonyl (C=O) groups excluding carboxylic acids is 1. The molecule has 1 aliphatic heterocycles. The van der Waals surface area contributed by atoms with Crippen LogP contribution in [-0.4, -0.2) is 42.3 Å². The predicted molar refractivity (Wildman–Crippen MR) is 63.0 cm³/mol. The molecule has 0 aromatic rings. The number of amides is 1. The molecule has 0 aromatic heterocycles. The van der Waals surface area contributed by atoms with Crippen molar-refractivity contribution in [1.82, 2.24) is 10.2 Å². The van der Waals surface area contributed by atoms with Crippen molar-refractivity contribution < 1.29 is 9.53 Å². The van der Waals surface area contributed by atoms with Gasteiger partial charge in [-0.2, -0.15) is 0 Å². The van der Waals surface area contributed by atoms with Gasteiger partial charge in [0.2, 0.25) is 0 Å². The molecule has 1 unspecified atom stereocenters. The van der Waals surface area contributed by atoms with Gasteiger partial charge in [0.25, 0.3) is 0 Å². The summed E-state index contributed by atoms with van der Waals surface area (Å²) in [6.45, 7) is 7.57. The van der Waals surface area contributed by atoms with Gasteiger partial charge in [0.15, 0.2) is 0 Å². The zero-order valence-corrected chi connectivity index (χ0v) is 10.2. The smallest absolute Gasteiger partial charge is 0.410 e. The van der Waals surface area contributed by atoms with Crippen LogP contribution in [0, 0.1) is 12.3 Å². The van der Waals surface area contributed by atoms with Crippen molar-refractivity contribution in [3.05, 3.63) is 0 Å². The Hall–Kier alpha value is -1.21. The Bertz CT molecular complexity index is 288. The molecular weight excluding hydrogens is 204 g/mol. The van der Waals surface area contributed by atoms with E-state index >= 15 is 0 Å². The Balaban J connectivity index is 2.36. The van der Waals surface area contributed by atoms with E-state index < -0.39 is 5.60 Å². The van der Waals surface area contributed by atoms with Gasteiger partial charge in [0, 0.05) is 19.1 Å². The molecule has 0 aliphatic carbocycles. The lowest BCUT2D eigenvalue weighted by Crippen LogP contribution is -2.38. The summed E-state index contributed by atoms with van der Waals surface area (Å²) in [6.07, 6.45) is 5.86. The fourth-order valence-corrected chi connectivity index (χ4v) is 1.62. The van der Waals surface area contributed by atoms with Crippen LogP contribution in [0.25, 0.3) is 0 Å². The highest BCUT2D eigenvalue weighted by Gasteiger charge is 2.29. The molecular formula is C12H20N2O2. The van der Waals surface area contributed by atoms with Gasteiger partial charge in [-0.3, -0.25) is 0 Å². The van der Waals surface area contributed by atoms with Gasteiger partial charge in [0.05, 0.1) is 6.54 Å². The molecule has 0 aromatic carbocycles. The lowest BCUT2D eigenvalue weighted by atomic mass is 10.2. The Morgan fingerprint density at radius 2 is 2.31 bits per heavy atom. The van der Waals surface area contributed by atoms with Crippen LogP contribution in [0.2, 0.25) is 0 Å². The molecule has 0 bridgehead atoms. The number of likely N-dealkylation sites (tertiary alicyclic amines) is 1. The Morgan fingerprint density at radius 3 is 2.88 bits per heavy atom. The number of rotatable bonds is 2. The molecule has 0 saturated carbocycles. The van der Waals surface area contributed by atoms with Gasteiger partial charge in [-0.1, -0.05) is 5.92 Å². The first kappa shape index (κ1) is 12.9. The molecule has 90 valence electrons. The molecule has 1 amide bonds. The largest absolute Gasteiger partial charge is 0.444 e. The number of hydrogen-bond donors (Lipinski definition) is 1. The average Bonchev–Trinajstić information content (AvgIpc) is 2.60. The van der Waals surface area contributed by atoms with Crippen LogP contribution < -0.4 is 5.32 Å². The third kappa shape index (κ3) is 4.11. The van der Waals surface area contributed by atoms with Crippen LogP contribution in [0.1, 0.15) is 27.2 Å². The fraction of sp³-hybridized carbons (Fsp3) is 0.750. The van der Waals surface area contributed by atoms with E-state index in [1.54, 1.807) is 4.90 Å². The van der Waals surface area contributed by atoms with E-state index in [9.17, 15) is 4.79 Å². The van der Waals surface area contributed by atoms with E-state index in [0.717, 1.165) is 13.0 Å². The van der Waals surface area contributed by atoms with Crippen LogP contribution in [0.5, 0.6) is 0 Å². The van der Waals surface area contributed by atoms with Crippen LogP contribution in [-0.2, 0) is 4.74 Å². The summed E-state index contributed by atoms with van der Waals surface area (Å²) in [5.41, 5.74) is -0.429. The molecule has 1 N–H and O–H groups in total. The monoisotopic (exact) mass is 224 g/mol. The number of carbonyl (C=O) groups is 1. The second-order valence-electron chi connectivity index (χ2n) is 5.00. The predicted octanol–water partition coefficient (Wildman–Crippen LogP) is 1.22. The van der Waals surface area contributed by atoms with Gasteiger partial charge >= 0.3 is 6.09 Å². The van der Waals surface area contributed by atoms with Crippen molar-refractivity contribution in [2.75, 3.05) is 19.6 Å². The quantitative estimate of drug-likeness (QED) is 0.717. The summed E-state index contributed by atoms with van der Waals surface area (Å²) in [7, 11) is 0. The molecule has 0 spiro atoms. The number of nitrogens with one attached hydrogen (secondary N) is 1. The SMILES string of the molecule is C#CCNC1CCN(C(=O)OC(C)(C)C)C1. The van der Waals surface area contributed by atoms with Crippen molar-refractivity contribution >= 4 is 6.09 Å². The van der Waals surface area contributed by atoms with Crippen molar-refractivity contribution in [2.45, 2.75) is 38.8 Å². The average molecular weight is 224 g/mol. The molecule has 4 nitrogen and oxygen atoms in total. The second-order valence-corrected chi connectivity index (χ2v) is 5.00. The van der Waals surface area contributed by atoms with Crippen LogP contribution >= 0.6 is 0 Å². The number of hydrogen-bond acceptors (Lipinski definition) is 3. The molecule has 4 heteroatoms. The summed E-state index contributed by atoms with van der Waals surface area (Å²) >= 11 is 0. The third-order valence-electron chi connectivity index (χ3n) is 2.33. The second kappa shape index (κ2) is 5.22. The van der Waals surface area contributed by atoms with E-state index in [1.165, 1.54) is 0 Å². The van der Waals surface area contributed by atoms with E-state index in [-0.39, 0.29) is 6.09 Å². The minimum absolute atomic E-state index is 0.238. The molecule has 1 fully saturated rings. The molecule has 1 aliphatic rings. The van der Waals surface area contributed by atoms with E-state index in [0.29, 0.717) is 19.1 Å². The third-order valence-corrected chi connectivity index (χ3v) is 2.33. The Kier molecular flexibility index (Phi) is 4.19. The number of ether oxygens (including phenoxy) is 1. The van der Waals surface area contributed by atoms with E-state index in [4.69, 9.17) is 11.2 Å². The topological polar surface area (TPSA) is 41.6 Å². The van der Waals surface area contributed by atoms with Gasteiger partial charge in [0.1, 0.15) is 5.60 Å². The first-order valence-electron chi connectivity index (χ1n) is 5.57. The highest BCUT2D eigenvalue weighted by Crippen LogP contribution is 2.14. The summed E-state index contributed by atoms with van der Waals surface area (Å²) in [5, 5.41) is 3.19. The van der Waals surface area contributed by atoms with E-state index in [2.05, 4.69) is 11.2 Å². The lowest BCUT2D eigenvalue weighted by molar-refractivity contribution is 0.0291.